The molecule has 1 aliphatic heterocycles. The van der Waals surface area contributed by atoms with Gasteiger partial charge in [-0.25, -0.2) is 0 Å². The van der Waals surface area contributed by atoms with Crippen LogP contribution in [-0.2, 0) is 21.5 Å². The maximum atomic E-state index is 10.4. The molecule has 1 saturated carbocycles. The lowest BCUT2D eigenvalue weighted by molar-refractivity contribution is -0.231. The van der Waals surface area contributed by atoms with Crippen molar-refractivity contribution in [2.24, 2.45) is 0 Å². The molecule has 2 aromatic rings. The fourth-order valence-electron chi connectivity index (χ4n) is 4.99. The predicted octanol–water partition coefficient (Wildman–Crippen LogP) is 2.86. The number of hydrogen-bond donors (Lipinski definition) is 4. The largest absolute Gasteiger partial charge is 0.394 e. The van der Waals surface area contributed by atoms with Crippen LogP contribution in [0.4, 0.5) is 0 Å². The first-order valence-corrected chi connectivity index (χ1v) is 11.5. The van der Waals surface area contributed by atoms with E-state index in [9.17, 15) is 20.4 Å². The molecule has 1 aliphatic carbocycles. The number of hydrogen-bond acceptors (Lipinski definition) is 6. The molecule has 1 saturated heterocycles. The molecular weight excluding hydrogens is 432 g/mol. The zero-order chi connectivity index (χ0) is 22.9. The molecule has 4 rings (SSSR count). The van der Waals surface area contributed by atoms with Crippen molar-refractivity contribution < 1.29 is 29.9 Å². The topological polar surface area (TPSA) is 99.4 Å². The number of aliphatic hydroxyl groups excluding tert-OH is 4. The molecular formula is C25H31ClO6. The van der Waals surface area contributed by atoms with Crippen LogP contribution in [0.25, 0.3) is 0 Å². The highest BCUT2D eigenvalue weighted by atomic mass is 35.5. The predicted molar refractivity (Wildman–Crippen MR) is 121 cm³/mol. The number of halogens is 1. The van der Waals surface area contributed by atoms with Crippen LogP contribution in [0.2, 0.25) is 5.02 Å². The Hall–Kier alpha value is -1.51. The van der Waals surface area contributed by atoms with E-state index < -0.39 is 37.1 Å². The van der Waals surface area contributed by atoms with E-state index in [0.29, 0.717) is 17.0 Å². The summed E-state index contributed by atoms with van der Waals surface area (Å²) in [6.45, 7) is -0.461. The van der Waals surface area contributed by atoms with Crippen LogP contribution in [-0.4, -0.2) is 58.6 Å². The standard InChI is InChI=1S/C25H31ClO6/c1-31-25(10-2-3-11-25)18-7-4-15(5-8-18)12-17-13-16(6-9-19(17)26)24-23(30)22(29)21(28)20(14-27)32-24/h4-9,13,20-24,27-30H,2-3,10-12,14H2,1H3/t20-,21-,22+,23-,24+/m1/s1. The maximum absolute atomic E-state index is 10.4. The Kier molecular flexibility index (Phi) is 7.22. The second-order valence-electron chi connectivity index (χ2n) is 8.88. The number of benzene rings is 2. The minimum absolute atomic E-state index is 0.181. The van der Waals surface area contributed by atoms with Gasteiger partial charge in [0.25, 0.3) is 0 Å². The van der Waals surface area contributed by atoms with Crippen molar-refractivity contribution >= 4 is 11.6 Å². The van der Waals surface area contributed by atoms with Crippen LogP contribution in [0, 0.1) is 0 Å². The second kappa shape index (κ2) is 9.77. The SMILES string of the molecule is COC1(c2ccc(Cc3cc([C@@H]4O[C@H](CO)[C@@H](O)[C@H](O)[C@H]4O)ccc3Cl)cc2)CCCC1. The first kappa shape index (κ1) is 23.6. The summed E-state index contributed by atoms with van der Waals surface area (Å²) in [7, 11) is 1.78. The highest BCUT2D eigenvalue weighted by Crippen LogP contribution is 2.42. The average Bonchev–Trinajstić information content (AvgIpc) is 3.30. The van der Waals surface area contributed by atoms with Crippen LogP contribution in [0.3, 0.4) is 0 Å². The van der Waals surface area contributed by atoms with Crippen LogP contribution in [0.15, 0.2) is 42.5 Å². The molecule has 5 atom stereocenters. The molecule has 4 N–H and O–H groups in total. The zero-order valence-electron chi connectivity index (χ0n) is 18.2. The van der Waals surface area contributed by atoms with Gasteiger partial charge in [0, 0.05) is 12.1 Å². The zero-order valence-corrected chi connectivity index (χ0v) is 18.9. The van der Waals surface area contributed by atoms with Gasteiger partial charge in [-0.2, -0.15) is 0 Å². The second-order valence-corrected chi connectivity index (χ2v) is 9.29. The summed E-state index contributed by atoms with van der Waals surface area (Å²) in [6, 6.07) is 13.7. The third-order valence-corrected chi connectivity index (χ3v) is 7.34. The molecule has 1 heterocycles. The van der Waals surface area contributed by atoms with E-state index in [1.54, 1.807) is 19.2 Å². The first-order valence-electron chi connectivity index (χ1n) is 11.1. The summed E-state index contributed by atoms with van der Waals surface area (Å²) in [5.41, 5.74) is 3.59. The molecule has 0 amide bonds. The number of ether oxygens (including phenoxy) is 2. The Balaban J connectivity index is 1.54. The smallest absolute Gasteiger partial charge is 0.113 e. The van der Waals surface area contributed by atoms with Crippen molar-refractivity contribution in [3.8, 4) is 0 Å². The Morgan fingerprint density at radius 1 is 1.00 bits per heavy atom. The lowest BCUT2D eigenvalue weighted by Gasteiger charge is -2.40. The Morgan fingerprint density at radius 3 is 2.31 bits per heavy atom. The van der Waals surface area contributed by atoms with Gasteiger partial charge in [-0.15, -0.1) is 0 Å². The summed E-state index contributed by atoms with van der Waals surface area (Å²) in [5, 5.41) is 40.6. The van der Waals surface area contributed by atoms with E-state index in [4.69, 9.17) is 21.1 Å². The normalized spacial score (nSPS) is 29.9. The van der Waals surface area contributed by atoms with Gasteiger partial charge < -0.3 is 29.9 Å². The van der Waals surface area contributed by atoms with Crippen LogP contribution >= 0.6 is 11.6 Å². The van der Waals surface area contributed by atoms with Crippen molar-refractivity contribution in [1.82, 2.24) is 0 Å². The van der Waals surface area contributed by atoms with Gasteiger partial charge >= 0.3 is 0 Å². The molecule has 6 nitrogen and oxygen atoms in total. The van der Waals surface area contributed by atoms with Gasteiger partial charge in [0.1, 0.15) is 30.5 Å². The summed E-state index contributed by atoms with van der Waals surface area (Å²) in [6.07, 6.45) is -0.936. The van der Waals surface area contributed by atoms with Gasteiger partial charge in [-0.3, -0.25) is 0 Å². The third kappa shape index (κ3) is 4.46. The number of methoxy groups -OCH3 is 1. The van der Waals surface area contributed by atoms with E-state index in [2.05, 4.69) is 24.3 Å². The lowest BCUT2D eigenvalue weighted by Crippen LogP contribution is -2.55. The van der Waals surface area contributed by atoms with E-state index >= 15 is 0 Å². The molecule has 2 aromatic carbocycles. The van der Waals surface area contributed by atoms with Crippen LogP contribution in [0.5, 0.6) is 0 Å². The molecule has 2 fully saturated rings. The molecule has 0 radical (unpaired) electrons. The molecule has 2 aliphatic rings. The van der Waals surface area contributed by atoms with E-state index in [-0.39, 0.29) is 5.60 Å². The minimum atomic E-state index is -1.42. The molecule has 7 heteroatoms. The fourth-order valence-corrected chi connectivity index (χ4v) is 5.17. The molecule has 174 valence electrons. The maximum Gasteiger partial charge on any atom is 0.113 e. The van der Waals surface area contributed by atoms with Crippen LogP contribution < -0.4 is 0 Å². The molecule has 0 bridgehead atoms. The average molecular weight is 463 g/mol. The molecule has 0 unspecified atom stereocenters. The summed E-state index contributed by atoms with van der Waals surface area (Å²) < 4.78 is 11.6. The quantitative estimate of drug-likeness (QED) is 0.527. The van der Waals surface area contributed by atoms with Gasteiger partial charge in [-0.05, 0) is 47.6 Å². The van der Waals surface area contributed by atoms with E-state index in [1.165, 1.54) is 18.4 Å². The Bertz CT molecular complexity index is 909. The van der Waals surface area contributed by atoms with Gasteiger partial charge in [0.15, 0.2) is 0 Å². The minimum Gasteiger partial charge on any atom is -0.394 e. The van der Waals surface area contributed by atoms with E-state index in [0.717, 1.165) is 24.0 Å². The number of aliphatic hydroxyl groups is 4. The van der Waals surface area contributed by atoms with Crippen molar-refractivity contribution in [2.75, 3.05) is 13.7 Å². The summed E-state index contributed by atoms with van der Waals surface area (Å²) in [5.74, 6) is 0. The van der Waals surface area contributed by atoms with E-state index in [1.807, 2.05) is 6.07 Å². The van der Waals surface area contributed by atoms with Crippen molar-refractivity contribution in [1.29, 1.82) is 0 Å². The molecule has 0 aromatic heterocycles. The Labute approximate surface area is 193 Å². The fraction of sp³-hybridized carbons (Fsp3) is 0.520. The number of rotatable bonds is 6. The molecule has 0 spiro atoms. The lowest BCUT2D eigenvalue weighted by atomic mass is 9.89. The summed E-state index contributed by atoms with van der Waals surface area (Å²) >= 11 is 6.46. The molecule has 32 heavy (non-hydrogen) atoms. The van der Waals surface area contributed by atoms with Crippen molar-refractivity contribution in [3.05, 3.63) is 69.7 Å². The monoisotopic (exact) mass is 462 g/mol. The third-order valence-electron chi connectivity index (χ3n) is 6.97. The first-order chi connectivity index (χ1) is 15.4. The van der Waals surface area contributed by atoms with Crippen molar-refractivity contribution in [2.45, 2.75) is 68.2 Å². The van der Waals surface area contributed by atoms with Gasteiger partial charge in [0.05, 0.1) is 12.2 Å². The van der Waals surface area contributed by atoms with Gasteiger partial charge in [0.2, 0.25) is 0 Å². The Morgan fingerprint density at radius 2 is 1.69 bits per heavy atom. The summed E-state index contributed by atoms with van der Waals surface area (Å²) in [4.78, 5) is 0. The van der Waals surface area contributed by atoms with Gasteiger partial charge in [-0.1, -0.05) is 60.8 Å². The highest BCUT2D eigenvalue weighted by molar-refractivity contribution is 6.31. The highest BCUT2D eigenvalue weighted by Gasteiger charge is 2.44. The van der Waals surface area contributed by atoms with Crippen molar-refractivity contribution in [3.63, 3.8) is 0 Å². The van der Waals surface area contributed by atoms with Crippen LogP contribution in [0.1, 0.15) is 54.0 Å².